The van der Waals surface area contributed by atoms with Crippen LogP contribution in [-0.2, 0) is 0 Å². The summed E-state index contributed by atoms with van der Waals surface area (Å²) in [5.74, 6) is 0. The first-order chi connectivity index (χ1) is 16.4. The molecule has 0 fully saturated rings. The summed E-state index contributed by atoms with van der Waals surface area (Å²) in [5, 5.41) is 0. The van der Waals surface area contributed by atoms with Gasteiger partial charge in [0, 0.05) is 16.7 Å². The Kier molecular flexibility index (Phi) is 3.55. The Morgan fingerprint density at radius 3 is 1.52 bits per heavy atom. The summed E-state index contributed by atoms with van der Waals surface area (Å²) in [4.78, 5) is 48.6. The SMILES string of the molecule is c1nc(-c2ccc(-c3ncnc4nc[nH]c34)c(-c3ncnc4nc[nH]c34)c2)c2[nH]cnc2n1. The molecule has 7 aromatic rings. The lowest BCUT2D eigenvalue weighted by Crippen LogP contribution is -1.96. The van der Waals surface area contributed by atoms with Crippen molar-refractivity contribution < 1.29 is 0 Å². The minimum Gasteiger partial charge on any atom is -0.341 e. The van der Waals surface area contributed by atoms with Crippen LogP contribution in [0.25, 0.3) is 67.3 Å². The van der Waals surface area contributed by atoms with Gasteiger partial charge in [0.2, 0.25) is 0 Å². The molecule has 3 N–H and O–H groups in total. The van der Waals surface area contributed by atoms with Gasteiger partial charge in [0.05, 0.1) is 24.7 Å². The molecule has 0 aliphatic rings. The number of benzene rings is 1. The van der Waals surface area contributed by atoms with Gasteiger partial charge in [-0.15, -0.1) is 0 Å². The zero-order chi connectivity index (χ0) is 21.8. The molecule has 0 aliphatic heterocycles. The van der Waals surface area contributed by atoms with Gasteiger partial charge in [0.1, 0.15) is 46.9 Å². The Labute approximate surface area is 183 Å². The first-order valence-electron chi connectivity index (χ1n) is 9.94. The standard InChI is InChI=1S/C21H12N12/c1-2-11(14-17-20(29-5-23-14)32-8-26-17)12(15-18-21(30-6-24-15)33-9-27-18)3-10(1)13-16-19(28-4-22-13)31-7-25-16/h1-9H,(H,22,25,28,31)(H,23,26,29,32)(H,24,27,30,33). The number of hydrogen-bond acceptors (Lipinski definition) is 9. The molecule has 12 heteroatoms. The van der Waals surface area contributed by atoms with E-state index in [0.29, 0.717) is 28.3 Å². The second kappa shape index (κ2) is 6.68. The van der Waals surface area contributed by atoms with Crippen molar-refractivity contribution in [2.75, 3.05) is 0 Å². The Morgan fingerprint density at radius 1 is 0.455 bits per heavy atom. The van der Waals surface area contributed by atoms with Crippen LogP contribution in [0, 0.1) is 0 Å². The van der Waals surface area contributed by atoms with Crippen molar-refractivity contribution >= 4 is 33.5 Å². The van der Waals surface area contributed by atoms with Crippen LogP contribution in [0.1, 0.15) is 0 Å². The van der Waals surface area contributed by atoms with E-state index in [2.05, 4.69) is 59.8 Å². The molecule has 0 bridgehead atoms. The average molecular weight is 432 g/mol. The lowest BCUT2D eigenvalue weighted by molar-refractivity contribution is 1.19. The Bertz CT molecular complexity index is 1790. The third kappa shape index (κ3) is 2.61. The zero-order valence-electron chi connectivity index (χ0n) is 16.7. The summed E-state index contributed by atoms with van der Waals surface area (Å²) >= 11 is 0. The van der Waals surface area contributed by atoms with E-state index >= 15 is 0 Å². The average Bonchev–Trinajstić information content (AvgIpc) is 3.63. The van der Waals surface area contributed by atoms with Crippen LogP contribution in [0.2, 0.25) is 0 Å². The Balaban J connectivity index is 1.55. The topological polar surface area (TPSA) is 163 Å². The lowest BCUT2D eigenvalue weighted by atomic mass is 9.96. The van der Waals surface area contributed by atoms with Crippen LogP contribution >= 0.6 is 0 Å². The third-order valence-corrected chi connectivity index (χ3v) is 5.47. The molecule has 12 nitrogen and oxygen atoms in total. The number of fused-ring (bicyclic) bond motifs is 3. The van der Waals surface area contributed by atoms with Gasteiger partial charge in [-0.05, 0) is 6.07 Å². The van der Waals surface area contributed by atoms with Gasteiger partial charge in [0.25, 0.3) is 0 Å². The van der Waals surface area contributed by atoms with E-state index in [0.717, 1.165) is 38.9 Å². The number of aromatic nitrogens is 12. The maximum atomic E-state index is 4.59. The summed E-state index contributed by atoms with van der Waals surface area (Å²) in [6.45, 7) is 0. The molecule has 0 saturated heterocycles. The molecule has 6 heterocycles. The molecular formula is C21H12N12. The molecule has 1 aromatic carbocycles. The second-order valence-electron chi connectivity index (χ2n) is 7.23. The summed E-state index contributed by atoms with van der Waals surface area (Å²) in [6.07, 6.45) is 9.31. The number of H-pyrrole nitrogens is 3. The number of aromatic amines is 3. The predicted octanol–water partition coefficient (Wildman–Crippen LogP) is 2.69. The monoisotopic (exact) mass is 432 g/mol. The van der Waals surface area contributed by atoms with Gasteiger partial charge >= 0.3 is 0 Å². The molecule has 7 rings (SSSR count). The van der Waals surface area contributed by atoms with Crippen molar-refractivity contribution in [3.8, 4) is 33.8 Å². The summed E-state index contributed by atoms with van der Waals surface area (Å²) in [5.41, 5.74) is 8.63. The maximum absolute atomic E-state index is 4.59. The highest BCUT2D eigenvalue weighted by Gasteiger charge is 2.19. The van der Waals surface area contributed by atoms with Gasteiger partial charge in [-0.3, -0.25) is 0 Å². The smallest absolute Gasteiger partial charge is 0.181 e. The zero-order valence-corrected chi connectivity index (χ0v) is 16.7. The minimum atomic E-state index is 0.573. The van der Waals surface area contributed by atoms with E-state index in [9.17, 15) is 0 Å². The highest BCUT2D eigenvalue weighted by molar-refractivity contribution is 5.99. The highest BCUT2D eigenvalue weighted by Crippen LogP contribution is 2.38. The van der Waals surface area contributed by atoms with Crippen LogP contribution in [-0.4, -0.2) is 59.8 Å². The fourth-order valence-corrected chi connectivity index (χ4v) is 4.02. The van der Waals surface area contributed by atoms with Gasteiger partial charge in [-0.1, -0.05) is 12.1 Å². The van der Waals surface area contributed by atoms with E-state index < -0.39 is 0 Å². The molecule has 0 amide bonds. The molecule has 156 valence electrons. The maximum Gasteiger partial charge on any atom is 0.181 e. The van der Waals surface area contributed by atoms with E-state index in [1.807, 2.05) is 18.2 Å². The highest BCUT2D eigenvalue weighted by atomic mass is 15.0. The molecule has 0 atom stereocenters. The van der Waals surface area contributed by atoms with Crippen molar-refractivity contribution in [2.24, 2.45) is 0 Å². The number of rotatable bonds is 3. The fourth-order valence-electron chi connectivity index (χ4n) is 4.02. The summed E-state index contributed by atoms with van der Waals surface area (Å²) < 4.78 is 0. The first kappa shape index (κ1) is 17.5. The van der Waals surface area contributed by atoms with Crippen LogP contribution in [0.4, 0.5) is 0 Å². The van der Waals surface area contributed by atoms with E-state index in [-0.39, 0.29) is 0 Å². The van der Waals surface area contributed by atoms with E-state index in [1.165, 1.54) is 19.0 Å². The molecular weight excluding hydrogens is 420 g/mol. The predicted molar refractivity (Wildman–Crippen MR) is 118 cm³/mol. The minimum absolute atomic E-state index is 0.573. The third-order valence-electron chi connectivity index (χ3n) is 5.47. The van der Waals surface area contributed by atoms with Crippen molar-refractivity contribution in [1.29, 1.82) is 0 Å². The first-order valence-corrected chi connectivity index (χ1v) is 9.94. The van der Waals surface area contributed by atoms with Gasteiger partial charge < -0.3 is 15.0 Å². The van der Waals surface area contributed by atoms with Crippen molar-refractivity contribution in [3.05, 3.63) is 56.2 Å². The molecule has 33 heavy (non-hydrogen) atoms. The van der Waals surface area contributed by atoms with E-state index in [4.69, 9.17) is 0 Å². The van der Waals surface area contributed by atoms with Gasteiger partial charge in [-0.25, -0.2) is 44.9 Å². The number of imidazole rings is 3. The Morgan fingerprint density at radius 2 is 0.939 bits per heavy atom. The van der Waals surface area contributed by atoms with E-state index in [1.54, 1.807) is 19.0 Å². The molecule has 0 saturated carbocycles. The summed E-state index contributed by atoms with van der Waals surface area (Å²) in [7, 11) is 0. The molecule has 0 radical (unpaired) electrons. The normalized spacial score (nSPS) is 11.6. The number of nitrogens with zero attached hydrogens (tertiary/aromatic N) is 9. The fraction of sp³-hybridized carbons (Fsp3) is 0. The molecule has 6 aromatic heterocycles. The molecule has 0 aliphatic carbocycles. The molecule has 0 unspecified atom stereocenters. The van der Waals surface area contributed by atoms with Crippen LogP contribution < -0.4 is 0 Å². The van der Waals surface area contributed by atoms with Crippen LogP contribution in [0.5, 0.6) is 0 Å². The lowest BCUT2D eigenvalue weighted by Gasteiger charge is -2.12. The van der Waals surface area contributed by atoms with Gasteiger partial charge in [-0.2, -0.15) is 0 Å². The number of hydrogen-bond donors (Lipinski definition) is 3. The number of nitrogens with one attached hydrogen (secondary N) is 3. The van der Waals surface area contributed by atoms with Crippen molar-refractivity contribution in [3.63, 3.8) is 0 Å². The summed E-state index contributed by atoms with van der Waals surface area (Å²) in [6, 6.07) is 5.99. The Hall–Kier alpha value is -5.13. The van der Waals surface area contributed by atoms with Crippen molar-refractivity contribution in [1.82, 2.24) is 59.8 Å². The largest absolute Gasteiger partial charge is 0.341 e. The second-order valence-corrected chi connectivity index (χ2v) is 7.23. The van der Waals surface area contributed by atoms with Crippen LogP contribution in [0.3, 0.4) is 0 Å². The molecule has 0 spiro atoms. The van der Waals surface area contributed by atoms with Crippen LogP contribution in [0.15, 0.2) is 56.2 Å². The van der Waals surface area contributed by atoms with Crippen molar-refractivity contribution in [2.45, 2.75) is 0 Å². The van der Waals surface area contributed by atoms with Gasteiger partial charge in [0.15, 0.2) is 16.9 Å². The quantitative estimate of drug-likeness (QED) is 0.381.